The highest BCUT2D eigenvalue weighted by molar-refractivity contribution is 6.30. The van der Waals surface area contributed by atoms with Gasteiger partial charge >= 0.3 is 0 Å². The molecule has 5 nitrogen and oxygen atoms in total. The molecule has 6 rings (SSSR count). The average Bonchev–Trinajstić information content (AvgIpc) is 3.49. The van der Waals surface area contributed by atoms with Crippen LogP contribution in [0.3, 0.4) is 0 Å². The Bertz CT molecular complexity index is 1650. The monoisotopic (exact) mass is 646 g/mol. The summed E-state index contributed by atoms with van der Waals surface area (Å²) in [6.07, 6.45) is 5.27. The van der Waals surface area contributed by atoms with Gasteiger partial charge in [-0.25, -0.2) is 4.98 Å². The van der Waals surface area contributed by atoms with Crippen LogP contribution in [0, 0.1) is 11.8 Å². The van der Waals surface area contributed by atoms with Gasteiger partial charge in [-0.15, -0.1) is 0 Å². The summed E-state index contributed by atoms with van der Waals surface area (Å²) in [5.41, 5.74) is 6.03. The second kappa shape index (κ2) is 15.8. The van der Waals surface area contributed by atoms with Crippen molar-refractivity contribution in [1.82, 2.24) is 15.2 Å². The van der Waals surface area contributed by atoms with E-state index in [2.05, 4.69) is 139 Å². The van der Waals surface area contributed by atoms with Gasteiger partial charge in [0.2, 0.25) is 5.89 Å². The van der Waals surface area contributed by atoms with E-state index in [0.717, 1.165) is 61.0 Å². The van der Waals surface area contributed by atoms with E-state index in [4.69, 9.17) is 21.0 Å². The lowest BCUT2D eigenvalue weighted by molar-refractivity contribution is 0.135. The van der Waals surface area contributed by atoms with Crippen LogP contribution >= 0.6 is 11.6 Å². The van der Waals surface area contributed by atoms with Gasteiger partial charge < -0.3 is 19.5 Å². The van der Waals surface area contributed by atoms with Crippen LogP contribution in [0.5, 0.6) is 0 Å². The standard InChI is InChI=1S/C41H47ClN4O/c1-45(2)39(33-23-25-35(42)26-24-33)32-19-21-34(22-20-32)40(46(3)36-17-11-6-12-18-36)41-44-37(27-30-13-7-4-8-14-30)38(47-41)29-43-28-31-15-9-5-10-16-31/h4-18,23-26,32,34,39-40,43H,19-22,27-29H2,1-3H3. The summed E-state index contributed by atoms with van der Waals surface area (Å²) in [6.45, 7) is 1.41. The van der Waals surface area contributed by atoms with Crippen LogP contribution in [0.1, 0.15) is 71.8 Å². The third kappa shape index (κ3) is 8.34. The van der Waals surface area contributed by atoms with Gasteiger partial charge in [-0.3, -0.25) is 0 Å². The first-order valence-electron chi connectivity index (χ1n) is 16.9. The van der Waals surface area contributed by atoms with Gasteiger partial charge in [0.05, 0.1) is 12.2 Å². The largest absolute Gasteiger partial charge is 0.442 e. The quantitative estimate of drug-likeness (QED) is 0.138. The zero-order valence-electron chi connectivity index (χ0n) is 27.9. The van der Waals surface area contributed by atoms with E-state index in [-0.39, 0.29) is 6.04 Å². The molecule has 0 bridgehead atoms. The minimum absolute atomic E-state index is 0.0316. The van der Waals surface area contributed by atoms with Gasteiger partial charge in [0.25, 0.3) is 0 Å². The molecule has 1 aliphatic carbocycles. The van der Waals surface area contributed by atoms with Crippen LogP contribution in [0.25, 0.3) is 0 Å². The van der Waals surface area contributed by atoms with E-state index in [9.17, 15) is 0 Å². The summed E-state index contributed by atoms with van der Waals surface area (Å²) < 4.78 is 6.84. The summed E-state index contributed by atoms with van der Waals surface area (Å²) in [7, 11) is 6.61. The maximum Gasteiger partial charge on any atom is 0.217 e. The lowest BCUT2D eigenvalue weighted by atomic mass is 9.73. The lowest BCUT2D eigenvalue weighted by Gasteiger charge is -2.41. The Morgan fingerprint density at radius 2 is 1.26 bits per heavy atom. The highest BCUT2D eigenvalue weighted by Crippen LogP contribution is 2.45. The van der Waals surface area contributed by atoms with E-state index in [1.807, 2.05) is 12.1 Å². The number of para-hydroxylation sites is 1. The highest BCUT2D eigenvalue weighted by atomic mass is 35.5. The minimum atomic E-state index is 0.0316. The number of oxazole rings is 1. The number of anilines is 1. The fraction of sp³-hybridized carbons (Fsp3) is 0.341. The first-order chi connectivity index (χ1) is 23.0. The number of aromatic nitrogens is 1. The third-order valence-corrected chi connectivity index (χ3v) is 10.0. The van der Waals surface area contributed by atoms with Gasteiger partial charge in [-0.2, -0.15) is 0 Å². The van der Waals surface area contributed by atoms with Crippen molar-refractivity contribution in [3.05, 3.63) is 154 Å². The Morgan fingerprint density at radius 1 is 0.702 bits per heavy atom. The second-order valence-electron chi connectivity index (χ2n) is 13.2. The molecule has 1 aromatic heterocycles. The predicted molar refractivity (Wildman–Crippen MR) is 194 cm³/mol. The zero-order valence-corrected chi connectivity index (χ0v) is 28.6. The first kappa shape index (κ1) is 33.0. The van der Waals surface area contributed by atoms with E-state index in [1.54, 1.807) is 0 Å². The maximum absolute atomic E-state index is 6.84. The molecule has 1 aliphatic rings. The van der Waals surface area contributed by atoms with Gasteiger partial charge in [-0.1, -0.05) is 103 Å². The molecule has 1 saturated carbocycles. The van der Waals surface area contributed by atoms with Gasteiger partial charge in [-0.05, 0) is 92.6 Å². The van der Waals surface area contributed by atoms with Gasteiger partial charge in [0, 0.05) is 36.8 Å². The first-order valence-corrected chi connectivity index (χ1v) is 17.3. The number of nitrogens with zero attached hydrogens (tertiary/aromatic N) is 3. The molecule has 0 spiro atoms. The Kier molecular flexibility index (Phi) is 11.1. The number of rotatable bonds is 13. The molecule has 244 valence electrons. The molecular formula is C41H47ClN4O. The summed E-state index contributed by atoms with van der Waals surface area (Å²) in [5.74, 6) is 2.73. The molecule has 4 aromatic carbocycles. The topological polar surface area (TPSA) is 44.5 Å². The van der Waals surface area contributed by atoms with Crippen molar-refractivity contribution in [2.24, 2.45) is 11.8 Å². The van der Waals surface area contributed by atoms with Crippen LogP contribution in [0.15, 0.2) is 120 Å². The van der Waals surface area contributed by atoms with Crippen LogP contribution in [-0.4, -0.2) is 31.0 Å². The van der Waals surface area contributed by atoms with Crippen molar-refractivity contribution in [2.45, 2.75) is 57.3 Å². The number of nitrogens with one attached hydrogen (secondary N) is 1. The molecule has 1 fully saturated rings. The Morgan fingerprint density at radius 3 is 1.85 bits per heavy atom. The average molecular weight is 647 g/mol. The van der Waals surface area contributed by atoms with Crippen molar-refractivity contribution >= 4 is 17.3 Å². The molecule has 0 aliphatic heterocycles. The smallest absolute Gasteiger partial charge is 0.217 e. The fourth-order valence-corrected chi connectivity index (χ4v) is 7.57. The predicted octanol–water partition coefficient (Wildman–Crippen LogP) is 9.50. The van der Waals surface area contributed by atoms with E-state index in [1.165, 1.54) is 22.4 Å². The van der Waals surface area contributed by atoms with Crippen LogP contribution in [0.4, 0.5) is 5.69 Å². The highest BCUT2D eigenvalue weighted by Gasteiger charge is 2.38. The normalized spacial score (nSPS) is 17.8. The van der Waals surface area contributed by atoms with Crippen molar-refractivity contribution in [2.75, 3.05) is 26.0 Å². The van der Waals surface area contributed by atoms with Crippen molar-refractivity contribution in [3.8, 4) is 0 Å². The minimum Gasteiger partial charge on any atom is -0.442 e. The molecule has 0 amide bonds. The van der Waals surface area contributed by atoms with Crippen molar-refractivity contribution in [1.29, 1.82) is 0 Å². The lowest BCUT2D eigenvalue weighted by Crippen LogP contribution is -2.36. The van der Waals surface area contributed by atoms with Crippen LogP contribution in [-0.2, 0) is 19.5 Å². The van der Waals surface area contributed by atoms with E-state index >= 15 is 0 Å². The molecular weight excluding hydrogens is 600 g/mol. The molecule has 5 aromatic rings. The van der Waals surface area contributed by atoms with Crippen LogP contribution < -0.4 is 10.2 Å². The summed E-state index contributed by atoms with van der Waals surface area (Å²) >= 11 is 6.25. The fourth-order valence-electron chi connectivity index (χ4n) is 7.45. The summed E-state index contributed by atoms with van der Waals surface area (Å²) in [4.78, 5) is 10.1. The maximum atomic E-state index is 6.84. The number of benzene rings is 4. The Balaban J connectivity index is 1.28. The van der Waals surface area contributed by atoms with Gasteiger partial charge in [0.1, 0.15) is 11.8 Å². The SMILES string of the molecule is CN(C)C(c1ccc(Cl)cc1)C1CCC(C(c2nc(Cc3ccccc3)c(CNCc3ccccc3)o2)N(C)c2ccccc2)CC1. The van der Waals surface area contributed by atoms with E-state index in [0.29, 0.717) is 24.4 Å². The molecule has 1 heterocycles. The van der Waals surface area contributed by atoms with Crippen LogP contribution in [0.2, 0.25) is 5.02 Å². The zero-order chi connectivity index (χ0) is 32.6. The molecule has 47 heavy (non-hydrogen) atoms. The Hall–Kier alpha value is -3.90. The summed E-state index contributed by atoms with van der Waals surface area (Å²) in [6, 6.07) is 40.6. The number of hydrogen-bond donors (Lipinski definition) is 1. The van der Waals surface area contributed by atoms with Crippen molar-refractivity contribution < 1.29 is 4.42 Å². The van der Waals surface area contributed by atoms with Crippen molar-refractivity contribution in [3.63, 3.8) is 0 Å². The molecule has 6 heteroatoms. The third-order valence-electron chi connectivity index (χ3n) is 9.78. The molecule has 0 radical (unpaired) electrons. The van der Waals surface area contributed by atoms with Gasteiger partial charge in [0.15, 0.2) is 0 Å². The number of hydrogen-bond acceptors (Lipinski definition) is 5. The molecule has 0 saturated heterocycles. The molecule has 2 atom stereocenters. The summed E-state index contributed by atoms with van der Waals surface area (Å²) in [5, 5.41) is 4.41. The number of halogens is 1. The van der Waals surface area contributed by atoms with E-state index < -0.39 is 0 Å². The molecule has 1 N–H and O–H groups in total. The second-order valence-corrected chi connectivity index (χ2v) is 13.6. The molecule has 2 unspecified atom stereocenters. The Labute approximate surface area is 285 Å².